The number of carbonyl (C=O) groups is 1. The number of carbonyl (C=O) groups excluding carboxylic acids is 1. The molecule has 3 aromatic rings. The highest BCUT2D eigenvalue weighted by Gasteiger charge is 2.31. The van der Waals surface area contributed by atoms with E-state index < -0.39 is 0 Å². The summed E-state index contributed by atoms with van der Waals surface area (Å²) in [6.45, 7) is 8.63. The number of anilines is 1. The van der Waals surface area contributed by atoms with Crippen molar-refractivity contribution >= 4 is 55.2 Å². The smallest absolute Gasteiger partial charge is 0.243 e. The Morgan fingerprint density at radius 1 is 1.15 bits per heavy atom. The lowest BCUT2D eigenvalue weighted by Gasteiger charge is -2.23. The van der Waals surface area contributed by atoms with Gasteiger partial charge < -0.3 is 0 Å². The molecule has 4 rings (SSSR count). The lowest BCUT2D eigenvalue weighted by Crippen LogP contribution is -2.30. The van der Waals surface area contributed by atoms with Crippen LogP contribution in [0.4, 0.5) is 10.8 Å². The van der Waals surface area contributed by atoms with Crippen molar-refractivity contribution in [2.75, 3.05) is 10.7 Å². The Balaban J connectivity index is 1.73. The van der Waals surface area contributed by atoms with Gasteiger partial charge in [-0.15, -0.1) is 0 Å². The molecular formula is C21H21N3OS2. The minimum Gasteiger partial charge on any atom is -0.273 e. The molecule has 1 aliphatic heterocycles. The van der Waals surface area contributed by atoms with Crippen LogP contribution in [0, 0.1) is 6.92 Å². The van der Waals surface area contributed by atoms with Crippen molar-refractivity contribution in [3.63, 3.8) is 0 Å². The van der Waals surface area contributed by atoms with Crippen LogP contribution in [-0.4, -0.2) is 21.8 Å². The number of thiazole rings is 1. The van der Waals surface area contributed by atoms with Gasteiger partial charge in [0.25, 0.3) is 0 Å². The molecule has 0 bridgehead atoms. The number of para-hydroxylation sites is 1. The lowest BCUT2D eigenvalue weighted by molar-refractivity contribution is -0.115. The number of nitrogens with zero attached hydrogens (tertiary/aromatic N) is 3. The minimum absolute atomic E-state index is 0.0615. The van der Waals surface area contributed by atoms with Crippen molar-refractivity contribution in [1.82, 2.24) is 4.98 Å². The predicted molar refractivity (Wildman–Crippen MR) is 117 cm³/mol. The van der Waals surface area contributed by atoms with Crippen LogP contribution in [0.25, 0.3) is 10.2 Å². The van der Waals surface area contributed by atoms with Crippen LogP contribution < -0.4 is 4.90 Å². The fourth-order valence-corrected chi connectivity index (χ4v) is 4.80. The quantitative estimate of drug-likeness (QED) is 0.561. The van der Waals surface area contributed by atoms with E-state index >= 15 is 0 Å². The van der Waals surface area contributed by atoms with Crippen LogP contribution in [0.15, 0.2) is 47.5 Å². The van der Waals surface area contributed by atoms with Crippen LogP contribution in [-0.2, 0) is 10.2 Å². The average Bonchev–Trinajstić information content (AvgIpc) is 3.17. The molecule has 0 saturated carbocycles. The number of aliphatic imine (C=N–C) groups is 1. The summed E-state index contributed by atoms with van der Waals surface area (Å²) in [5.74, 6) is 0.468. The third-order valence-corrected chi connectivity index (χ3v) is 6.40. The lowest BCUT2D eigenvalue weighted by atomic mass is 9.86. The van der Waals surface area contributed by atoms with Gasteiger partial charge in [-0.25, -0.2) is 4.98 Å². The van der Waals surface area contributed by atoms with E-state index in [1.165, 1.54) is 17.3 Å². The van der Waals surface area contributed by atoms with E-state index in [4.69, 9.17) is 4.99 Å². The minimum atomic E-state index is 0.0615. The molecule has 0 spiro atoms. The van der Waals surface area contributed by atoms with Crippen LogP contribution in [0.3, 0.4) is 0 Å². The van der Waals surface area contributed by atoms with E-state index in [9.17, 15) is 4.79 Å². The summed E-state index contributed by atoms with van der Waals surface area (Å²) in [4.78, 5) is 23.6. The predicted octanol–water partition coefficient (Wildman–Crippen LogP) is 5.67. The molecule has 0 unspecified atom stereocenters. The molecule has 0 atom stereocenters. The highest BCUT2D eigenvalue weighted by molar-refractivity contribution is 8.15. The van der Waals surface area contributed by atoms with E-state index in [-0.39, 0.29) is 11.3 Å². The zero-order valence-corrected chi connectivity index (χ0v) is 17.4. The number of aromatic nitrogens is 1. The first-order valence-corrected chi connectivity index (χ1v) is 10.6. The van der Waals surface area contributed by atoms with Gasteiger partial charge in [0.2, 0.25) is 11.0 Å². The van der Waals surface area contributed by atoms with E-state index in [2.05, 4.69) is 44.8 Å². The van der Waals surface area contributed by atoms with E-state index in [0.717, 1.165) is 21.5 Å². The molecular weight excluding hydrogens is 374 g/mol. The summed E-state index contributed by atoms with van der Waals surface area (Å²) >= 11 is 3.01. The Bertz CT molecular complexity index is 1030. The van der Waals surface area contributed by atoms with Crippen LogP contribution >= 0.6 is 23.1 Å². The molecule has 2 aromatic carbocycles. The molecule has 1 aliphatic rings. The first-order valence-electron chi connectivity index (χ1n) is 8.84. The van der Waals surface area contributed by atoms with Crippen molar-refractivity contribution in [1.29, 1.82) is 0 Å². The number of fused-ring (bicyclic) bond motifs is 1. The molecule has 0 aliphatic carbocycles. The maximum atomic E-state index is 12.6. The fraction of sp³-hybridized carbons (Fsp3) is 0.286. The maximum Gasteiger partial charge on any atom is 0.243 e. The Labute approximate surface area is 167 Å². The molecule has 6 heteroatoms. The maximum absolute atomic E-state index is 12.6. The Morgan fingerprint density at radius 2 is 1.93 bits per heavy atom. The molecule has 138 valence electrons. The first kappa shape index (κ1) is 18.2. The van der Waals surface area contributed by atoms with Gasteiger partial charge >= 0.3 is 0 Å². The zero-order chi connectivity index (χ0) is 19.2. The molecule has 4 nitrogen and oxygen atoms in total. The summed E-state index contributed by atoms with van der Waals surface area (Å²) in [5, 5.41) is 1.38. The summed E-state index contributed by atoms with van der Waals surface area (Å²) < 4.78 is 1.10. The second-order valence-electron chi connectivity index (χ2n) is 7.63. The molecule has 27 heavy (non-hydrogen) atoms. The molecule has 1 amide bonds. The molecule has 1 aromatic heterocycles. The second kappa shape index (κ2) is 6.77. The van der Waals surface area contributed by atoms with E-state index in [1.54, 1.807) is 16.2 Å². The second-order valence-corrected chi connectivity index (χ2v) is 9.58. The highest BCUT2D eigenvalue weighted by Crippen LogP contribution is 2.35. The first-order chi connectivity index (χ1) is 12.8. The van der Waals surface area contributed by atoms with Gasteiger partial charge in [0.1, 0.15) is 0 Å². The monoisotopic (exact) mass is 395 g/mol. The van der Waals surface area contributed by atoms with Gasteiger partial charge in [-0.3, -0.25) is 9.69 Å². The SMILES string of the molecule is Cc1cc(C(C)(C)C)ccc1N1C(=O)CS/C1=N\c1nc2ccccc2s1. The largest absolute Gasteiger partial charge is 0.273 e. The van der Waals surface area contributed by atoms with E-state index in [1.807, 2.05) is 30.3 Å². The number of hydrogen-bond acceptors (Lipinski definition) is 5. The molecule has 2 heterocycles. The van der Waals surface area contributed by atoms with Crippen molar-refractivity contribution in [3.05, 3.63) is 53.6 Å². The van der Waals surface area contributed by atoms with Gasteiger partial charge in [-0.2, -0.15) is 4.99 Å². The average molecular weight is 396 g/mol. The number of amidine groups is 1. The van der Waals surface area contributed by atoms with Gasteiger partial charge in [-0.1, -0.05) is 68.1 Å². The normalized spacial score (nSPS) is 16.7. The van der Waals surface area contributed by atoms with Crippen molar-refractivity contribution in [2.24, 2.45) is 4.99 Å². The van der Waals surface area contributed by atoms with Crippen molar-refractivity contribution in [2.45, 2.75) is 33.1 Å². The number of amides is 1. The Kier molecular flexibility index (Phi) is 4.56. The molecule has 0 radical (unpaired) electrons. The van der Waals surface area contributed by atoms with Gasteiger partial charge in [0, 0.05) is 0 Å². The highest BCUT2D eigenvalue weighted by atomic mass is 32.2. The third-order valence-electron chi connectivity index (χ3n) is 4.54. The van der Waals surface area contributed by atoms with Gasteiger partial charge in [0.05, 0.1) is 21.7 Å². The summed E-state index contributed by atoms with van der Waals surface area (Å²) in [5.41, 5.74) is 4.25. The third kappa shape index (κ3) is 3.51. The topological polar surface area (TPSA) is 45.6 Å². The summed E-state index contributed by atoms with van der Waals surface area (Å²) in [6, 6.07) is 14.3. The number of thioether (sulfide) groups is 1. The van der Waals surface area contributed by atoms with Crippen molar-refractivity contribution < 1.29 is 4.79 Å². The summed E-state index contributed by atoms with van der Waals surface area (Å²) in [7, 11) is 0. The number of benzene rings is 2. The number of rotatable bonds is 2. The number of hydrogen-bond donors (Lipinski definition) is 0. The van der Waals surface area contributed by atoms with Gasteiger partial charge in [0.15, 0.2) is 5.17 Å². The Hall–Kier alpha value is -2.18. The molecule has 1 saturated heterocycles. The van der Waals surface area contributed by atoms with E-state index in [0.29, 0.717) is 16.1 Å². The van der Waals surface area contributed by atoms with Crippen LogP contribution in [0.1, 0.15) is 31.9 Å². The summed E-state index contributed by atoms with van der Waals surface area (Å²) in [6.07, 6.45) is 0. The number of aryl methyl sites for hydroxylation is 1. The molecule has 1 fully saturated rings. The molecule has 0 N–H and O–H groups in total. The zero-order valence-electron chi connectivity index (χ0n) is 15.8. The van der Waals surface area contributed by atoms with Crippen LogP contribution in [0.5, 0.6) is 0 Å². The van der Waals surface area contributed by atoms with Gasteiger partial charge in [-0.05, 0) is 41.7 Å². The van der Waals surface area contributed by atoms with Crippen LogP contribution in [0.2, 0.25) is 0 Å². The fourth-order valence-electron chi connectivity index (χ4n) is 3.04. The Morgan fingerprint density at radius 3 is 2.63 bits per heavy atom. The standard InChI is InChI=1S/C21H21N3OS2/c1-13-11-14(21(2,3)4)9-10-16(13)24-18(25)12-26-20(24)23-19-22-15-7-5-6-8-17(15)27-19/h5-11H,12H2,1-4H3/b23-20-. The van der Waals surface area contributed by atoms with Crippen molar-refractivity contribution in [3.8, 4) is 0 Å².